The van der Waals surface area contributed by atoms with Crippen LogP contribution < -0.4 is 9.64 Å². The van der Waals surface area contributed by atoms with E-state index in [2.05, 4.69) is 0 Å². The smallest absolute Gasteiger partial charge is 0.272 e. The highest BCUT2D eigenvalue weighted by Gasteiger charge is 2.40. The number of benzene rings is 3. The Labute approximate surface area is 184 Å². The van der Waals surface area contributed by atoms with Gasteiger partial charge >= 0.3 is 0 Å². The number of carbonyl (C=O) groups excluding carboxylic acids is 2. The fourth-order valence-electron chi connectivity index (χ4n) is 3.18. The van der Waals surface area contributed by atoms with Crippen molar-refractivity contribution in [3.8, 4) is 5.75 Å². The van der Waals surface area contributed by atoms with Crippen molar-refractivity contribution in [3.63, 3.8) is 0 Å². The molecule has 3 aromatic rings. The van der Waals surface area contributed by atoms with Crippen LogP contribution in [0.2, 0.25) is 5.02 Å². The highest BCUT2D eigenvalue weighted by Crippen LogP contribution is 2.41. The van der Waals surface area contributed by atoms with Crippen LogP contribution in [0.15, 0.2) is 88.7 Å². The van der Waals surface area contributed by atoms with E-state index in [-0.39, 0.29) is 11.8 Å². The molecule has 0 atom stereocenters. The van der Waals surface area contributed by atoms with Crippen LogP contribution in [0.4, 0.5) is 5.69 Å². The average molecular weight is 436 g/mol. The summed E-state index contributed by atoms with van der Waals surface area (Å²) in [4.78, 5) is 29.1. The Balaban J connectivity index is 1.78. The lowest BCUT2D eigenvalue weighted by atomic mass is 10.1. The zero-order valence-electron chi connectivity index (χ0n) is 16.2. The number of carbonyl (C=O) groups is 2. The highest BCUT2D eigenvalue weighted by atomic mass is 35.5. The summed E-state index contributed by atoms with van der Waals surface area (Å²) in [7, 11) is 0. The Kier molecular flexibility index (Phi) is 5.93. The molecule has 1 aliphatic rings. The maximum absolute atomic E-state index is 13.4. The zero-order valence-corrected chi connectivity index (χ0v) is 17.7. The van der Waals surface area contributed by atoms with Crippen LogP contribution in [0.25, 0.3) is 5.57 Å². The maximum Gasteiger partial charge on any atom is 0.272 e. The molecule has 150 valence electrons. The minimum atomic E-state index is -0.341. The molecule has 0 aliphatic carbocycles. The molecule has 0 unspecified atom stereocenters. The molecule has 3 aromatic carbocycles. The Hall–Kier alpha value is -3.02. The van der Waals surface area contributed by atoms with Gasteiger partial charge < -0.3 is 4.74 Å². The molecule has 0 fully saturated rings. The van der Waals surface area contributed by atoms with E-state index in [0.29, 0.717) is 39.1 Å². The Bertz CT molecular complexity index is 1110. The highest BCUT2D eigenvalue weighted by molar-refractivity contribution is 8.04. The average Bonchev–Trinajstić information content (AvgIpc) is 3.01. The Morgan fingerprint density at radius 3 is 2.17 bits per heavy atom. The minimum Gasteiger partial charge on any atom is -0.494 e. The first kappa shape index (κ1) is 20.3. The first-order chi connectivity index (χ1) is 14.6. The maximum atomic E-state index is 13.4. The van der Waals surface area contributed by atoms with Gasteiger partial charge in [-0.1, -0.05) is 53.7 Å². The van der Waals surface area contributed by atoms with Crippen molar-refractivity contribution in [2.24, 2.45) is 0 Å². The minimum absolute atomic E-state index is 0.338. The van der Waals surface area contributed by atoms with Crippen molar-refractivity contribution >= 4 is 46.4 Å². The quantitative estimate of drug-likeness (QED) is 0.458. The van der Waals surface area contributed by atoms with Crippen LogP contribution >= 0.6 is 23.4 Å². The monoisotopic (exact) mass is 435 g/mol. The topological polar surface area (TPSA) is 46.6 Å². The molecular formula is C24H18ClNO3S. The standard InChI is InChI=1S/C24H18ClNO3S/c1-2-29-19-12-8-16(9-13-19)21-22(30-20-14-10-17(25)11-15-20)24(28)26(23(21)27)18-6-4-3-5-7-18/h3-15H,2H2,1H3. The second-order valence-corrected chi connectivity index (χ2v) is 8.02. The molecule has 0 saturated carbocycles. The van der Waals surface area contributed by atoms with Gasteiger partial charge in [0, 0.05) is 9.92 Å². The zero-order chi connectivity index (χ0) is 21.1. The molecule has 2 amide bonds. The van der Waals surface area contributed by atoms with E-state index >= 15 is 0 Å². The predicted octanol–water partition coefficient (Wildman–Crippen LogP) is 5.82. The third-order valence-electron chi connectivity index (χ3n) is 4.54. The summed E-state index contributed by atoms with van der Waals surface area (Å²) in [6.07, 6.45) is 0. The molecule has 30 heavy (non-hydrogen) atoms. The molecule has 4 nitrogen and oxygen atoms in total. The van der Waals surface area contributed by atoms with E-state index in [9.17, 15) is 9.59 Å². The van der Waals surface area contributed by atoms with Crippen molar-refractivity contribution in [3.05, 3.63) is 94.4 Å². The van der Waals surface area contributed by atoms with Gasteiger partial charge in [0.05, 0.1) is 22.8 Å². The van der Waals surface area contributed by atoms with Crippen molar-refractivity contribution < 1.29 is 14.3 Å². The van der Waals surface area contributed by atoms with Crippen LogP contribution in [0.1, 0.15) is 12.5 Å². The summed E-state index contributed by atoms with van der Waals surface area (Å²) in [6.45, 7) is 2.47. The van der Waals surface area contributed by atoms with Gasteiger partial charge in [-0.2, -0.15) is 0 Å². The van der Waals surface area contributed by atoms with Gasteiger partial charge in [0.15, 0.2) is 0 Å². The lowest BCUT2D eigenvalue weighted by molar-refractivity contribution is -0.119. The third-order valence-corrected chi connectivity index (χ3v) is 5.89. The number of thioether (sulfide) groups is 1. The second-order valence-electron chi connectivity index (χ2n) is 6.50. The van der Waals surface area contributed by atoms with Crippen LogP contribution in [0.5, 0.6) is 5.75 Å². The van der Waals surface area contributed by atoms with Crippen molar-refractivity contribution in [2.45, 2.75) is 11.8 Å². The molecule has 0 spiro atoms. The number of nitrogens with zero attached hydrogens (tertiary/aromatic N) is 1. The van der Waals surface area contributed by atoms with Gasteiger partial charge in [0.25, 0.3) is 11.8 Å². The molecule has 1 aliphatic heterocycles. The van der Waals surface area contributed by atoms with E-state index in [4.69, 9.17) is 16.3 Å². The molecule has 0 radical (unpaired) electrons. The van der Waals surface area contributed by atoms with Gasteiger partial charge in [-0.15, -0.1) is 0 Å². The van der Waals surface area contributed by atoms with Gasteiger partial charge in [0.2, 0.25) is 0 Å². The largest absolute Gasteiger partial charge is 0.494 e. The molecule has 0 N–H and O–H groups in total. The second kappa shape index (κ2) is 8.78. The van der Waals surface area contributed by atoms with Crippen LogP contribution in [-0.2, 0) is 9.59 Å². The number of hydrogen-bond acceptors (Lipinski definition) is 4. The number of para-hydroxylation sites is 1. The first-order valence-corrected chi connectivity index (χ1v) is 10.6. The summed E-state index contributed by atoms with van der Waals surface area (Å²) in [5.74, 6) is 0.0345. The molecule has 1 heterocycles. The van der Waals surface area contributed by atoms with Crippen molar-refractivity contribution in [1.82, 2.24) is 0 Å². The predicted molar refractivity (Wildman–Crippen MR) is 121 cm³/mol. The lowest BCUT2D eigenvalue weighted by Crippen LogP contribution is -2.31. The van der Waals surface area contributed by atoms with Crippen LogP contribution in [0, 0.1) is 0 Å². The van der Waals surface area contributed by atoms with Gasteiger partial charge in [0.1, 0.15) is 5.75 Å². The van der Waals surface area contributed by atoms with Crippen molar-refractivity contribution in [1.29, 1.82) is 0 Å². The number of anilines is 1. The summed E-state index contributed by atoms with van der Waals surface area (Å²) in [6, 6.07) is 23.4. The SMILES string of the molecule is CCOc1ccc(C2=C(Sc3ccc(Cl)cc3)C(=O)N(c3ccccc3)C2=O)cc1. The van der Waals surface area contributed by atoms with Gasteiger partial charge in [-0.25, -0.2) is 4.90 Å². The van der Waals surface area contributed by atoms with E-state index in [1.54, 1.807) is 48.5 Å². The van der Waals surface area contributed by atoms with Gasteiger partial charge in [-0.05, 0) is 61.0 Å². The van der Waals surface area contributed by atoms with Crippen LogP contribution in [0.3, 0.4) is 0 Å². The molecule has 0 aromatic heterocycles. The molecular weight excluding hydrogens is 418 g/mol. The summed E-state index contributed by atoms with van der Waals surface area (Å²) < 4.78 is 5.50. The lowest BCUT2D eigenvalue weighted by Gasteiger charge is -2.15. The van der Waals surface area contributed by atoms with Gasteiger partial charge in [-0.3, -0.25) is 9.59 Å². The Morgan fingerprint density at radius 1 is 0.867 bits per heavy atom. The summed E-state index contributed by atoms with van der Waals surface area (Å²) in [5.41, 5.74) is 1.60. The van der Waals surface area contributed by atoms with E-state index < -0.39 is 0 Å². The first-order valence-electron chi connectivity index (χ1n) is 9.43. The van der Waals surface area contributed by atoms with E-state index in [1.807, 2.05) is 37.3 Å². The summed E-state index contributed by atoms with van der Waals surface area (Å²) >= 11 is 7.25. The third kappa shape index (κ3) is 3.99. The fourth-order valence-corrected chi connectivity index (χ4v) is 4.30. The van der Waals surface area contributed by atoms with E-state index in [0.717, 1.165) is 4.90 Å². The van der Waals surface area contributed by atoms with E-state index in [1.165, 1.54) is 16.7 Å². The number of ether oxygens (including phenoxy) is 1. The fraction of sp³-hybridized carbons (Fsp3) is 0.0833. The number of amides is 2. The van der Waals surface area contributed by atoms with Crippen LogP contribution in [-0.4, -0.2) is 18.4 Å². The number of imide groups is 1. The van der Waals surface area contributed by atoms with Crippen molar-refractivity contribution in [2.75, 3.05) is 11.5 Å². The Morgan fingerprint density at radius 2 is 1.53 bits per heavy atom. The molecule has 0 bridgehead atoms. The number of halogens is 1. The molecule has 6 heteroatoms. The summed E-state index contributed by atoms with van der Waals surface area (Å²) in [5, 5.41) is 0.611. The molecule has 0 saturated heterocycles. The number of hydrogen-bond donors (Lipinski definition) is 0. The number of rotatable bonds is 6. The molecule has 4 rings (SSSR count). The normalized spacial score (nSPS) is 13.9.